The maximum atomic E-state index is 13.2. The Kier molecular flexibility index (Phi) is 5.85. The lowest BCUT2D eigenvalue weighted by Gasteiger charge is -2.38. The van der Waals surface area contributed by atoms with E-state index in [2.05, 4.69) is 0 Å². The standard InChI is InChI=1S/C22H29N3O4/c1-16(25-18-8-3-2-6-17(18)7-4-10-20(25)26)21(27)23-11-13-24(14-12-23)22(28)19-9-5-15-29-19/h2-3,6,8,16,19H,4-5,7,9-15H2,1H3/t16-,19+/m1/s1. The summed E-state index contributed by atoms with van der Waals surface area (Å²) in [5.41, 5.74) is 1.97. The van der Waals surface area contributed by atoms with E-state index in [1.165, 1.54) is 0 Å². The summed E-state index contributed by atoms with van der Waals surface area (Å²) in [6.07, 6.45) is 3.50. The Morgan fingerprint density at radius 3 is 2.48 bits per heavy atom. The molecule has 0 aromatic heterocycles. The number of anilines is 1. The Labute approximate surface area is 171 Å². The van der Waals surface area contributed by atoms with E-state index in [9.17, 15) is 14.4 Å². The van der Waals surface area contributed by atoms with Crippen LogP contribution in [-0.4, -0.2) is 72.5 Å². The molecule has 3 heterocycles. The zero-order chi connectivity index (χ0) is 20.4. The number of nitrogens with zero attached hydrogens (tertiary/aromatic N) is 3. The minimum Gasteiger partial charge on any atom is -0.368 e. The van der Waals surface area contributed by atoms with Crippen LogP contribution in [0.1, 0.15) is 38.2 Å². The third kappa shape index (κ3) is 4.01. The molecule has 2 atom stereocenters. The molecule has 2 fully saturated rings. The Balaban J connectivity index is 1.42. The Bertz CT molecular complexity index is 782. The first-order chi connectivity index (χ1) is 14.1. The third-order valence-electron chi connectivity index (χ3n) is 6.21. The normalized spacial score (nSPS) is 23.6. The molecule has 0 bridgehead atoms. The van der Waals surface area contributed by atoms with Crippen molar-refractivity contribution < 1.29 is 19.1 Å². The van der Waals surface area contributed by atoms with Crippen molar-refractivity contribution in [3.05, 3.63) is 29.8 Å². The van der Waals surface area contributed by atoms with Crippen LogP contribution in [0.25, 0.3) is 0 Å². The first-order valence-corrected chi connectivity index (χ1v) is 10.7. The summed E-state index contributed by atoms with van der Waals surface area (Å²) in [5, 5.41) is 0. The molecule has 0 radical (unpaired) electrons. The number of amides is 3. The Morgan fingerprint density at radius 1 is 1.03 bits per heavy atom. The molecule has 0 aliphatic carbocycles. The maximum absolute atomic E-state index is 13.2. The number of aryl methyl sites for hydroxylation is 1. The van der Waals surface area contributed by atoms with Gasteiger partial charge in [-0.1, -0.05) is 18.2 Å². The van der Waals surface area contributed by atoms with Gasteiger partial charge in [-0.15, -0.1) is 0 Å². The van der Waals surface area contributed by atoms with Gasteiger partial charge in [0.05, 0.1) is 0 Å². The second-order valence-corrected chi connectivity index (χ2v) is 8.07. The second-order valence-electron chi connectivity index (χ2n) is 8.07. The van der Waals surface area contributed by atoms with Crippen LogP contribution in [0, 0.1) is 0 Å². The molecule has 2 saturated heterocycles. The van der Waals surface area contributed by atoms with Gasteiger partial charge in [-0.2, -0.15) is 0 Å². The predicted octanol–water partition coefficient (Wildman–Crippen LogP) is 1.59. The molecule has 29 heavy (non-hydrogen) atoms. The zero-order valence-corrected chi connectivity index (χ0v) is 17.0. The van der Waals surface area contributed by atoms with Crippen LogP contribution >= 0.6 is 0 Å². The van der Waals surface area contributed by atoms with E-state index in [0.717, 1.165) is 36.9 Å². The smallest absolute Gasteiger partial charge is 0.251 e. The topological polar surface area (TPSA) is 70.2 Å². The second kappa shape index (κ2) is 8.53. The fourth-order valence-corrected chi connectivity index (χ4v) is 4.56. The van der Waals surface area contributed by atoms with Crippen molar-refractivity contribution in [2.75, 3.05) is 37.7 Å². The van der Waals surface area contributed by atoms with Crippen molar-refractivity contribution in [1.82, 2.24) is 9.80 Å². The van der Waals surface area contributed by atoms with Gasteiger partial charge in [0.15, 0.2) is 0 Å². The van der Waals surface area contributed by atoms with Crippen molar-refractivity contribution in [3.8, 4) is 0 Å². The van der Waals surface area contributed by atoms with Crippen LogP contribution in [0.5, 0.6) is 0 Å². The summed E-state index contributed by atoms with van der Waals surface area (Å²) in [6, 6.07) is 7.30. The molecule has 4 rings (SSSR count). The molecule has 7 heteroatoms. The van der Waals surface area contributed by atoms with Gasteiger partial charge in [0.1, 0.15) is 12.1 Å². The highest BCUT2D eigenvalue weighted by Gasteiger charge is 2.36. The van der Waals surface area contributed by atoms with Gasteiger partial charge in [0.25, 0.3) is 5.91 Å². The maximum Gasteiger partial charge on any atom is 0.251 e. The monoisotopic (exact) mass is 399 g/mol. The molecule has 156 valence electrons. The van der Waals surface area contributed by atoms with Gasteiger partial charge < -0.3 is 14.5 Å². The number of piperazine rings is 1. The number of carbonyl (C=O) groups excluding carboxylic acids is 3. The average molecular weight is 399 g/mol. The highest BCUT2D eigenvalue weighted by Crippen LogP contribution is 2.29. The molecule has 0 spiro atoms. The summed E-state index contributed by atoms with van der Waals surface area (Å²) in [4.78, 5) is 43.8. The van der Waals surface area contributed by atoms with Crippen molar-refractivity contribution in [2.24, 2.45) is 0 Å². The van der Waals surface area contributed by atoms with E-state index >= 15 is 0 Å². The predicted molar refractivity (Wildman–Crippen MR) is 108 cm³/mol. The Morgan fingerprint density at radius 2 is 1.76 bits per heavy atom. The van der Waals surface area contributed by atoms with Crippen LogP contribution in [-0.2, 0) is 25.5 Å². The number of carbonyl (C=O) groups is 3. The molecule has 1 aromatic rings. The van der Waals surface area contributed by atoms with Crippen molar-refractivity contribution in [1.29, 1.82) is 0 Å². The number of benzene rings is 1. The first-order valence-electron chi connectivity index (χ1n) is 10.7. The largest absolute Gasteiger partial charge is 0.368 e. The van der Waals surface area contributed by atoms with E-state index in [0.29, 0.717) is 39.2 Å². The van der Waals surface area contributed by atoms with Crippen LogP contribution < -0.4 is 4.90 Å². The fraction of sp³-hybridized carbons (Fsp3) is 0.591. The molecule has 3 aliphatic heterocycles. The van der Waals surface area contributed by atoms with Crippen LogP contribution in [0.3, 0.4) is 0 Å². The highest BCUT2D eigenvalue weighted by molar-refractivity contribution is 6.01. The summed E-state index contributed by atoms with van der Waals surface area (Å²) < 4.78 is 5.50. The van der Waals surface area contributed by atoms with Gasteiger partial charge in [-0.25, -0.2) is 0 Å². The van der Waals surface area contributed by atoms with E-state index in [1.54, 1.807) is 14.7 Å². The fourth-order valence-electron chi connectivity index (χ4n) is 4.56. The summed E-state index contributed by atoms with van der Waals surface area (Å²) in [6.45, 7) is 4.48. The minimum absolute atomic E-state index is 0.00277. The number of rotatable bonds is 3. The number of ether oxygens (including phenoxy) is 1. The van der Waals surface area contributed by atoms with Crippen LogP contribution in [0.4, 0.5) is 5.69 Å². The summed E-state index contributed by atoms with van der Waals surface area (Å²) in [7, 11) is 0. The molecule has 3 aliphatic rings. The molecule has 7 nitrogen and oxygen atoms in total. The molecular weight excluding hydrogens is 370 g/mol. The molecular formula is C22H29N3O4. The molecule has 1 aromatic carbocycles. The van der Waals surface area contributed by atoms with Gasteiger partial charge in [0, 0.05) is 44.9 Å². The van der Waals surface area contributed by atoms with Crippen molar-refractivity contribution >= 4 is 23.4 Å². The SMILES string of the molecule is C[C@H](C(=O)N1CCN(C(=O)[C@@H]2CCCO2)CC1)N1C(=O)CCCc2ccccc21. The highest BCUT2D eigenvalue weighted by atomic mass is 16.5. The van der Waals surface area contributed by atoms with Crippen molar-refractivity contribution in [3.63, 3.8) is 0 Å². The average Bonchev–Trinajstić information content (AvgIpc) is 3.23. The summed E-state index contributed by atoms with van der Waals surface area (Å²) >= 11 is 0. The minimum atomic E-state index is -0.554. The third-order valence-corrected chi connectivity index (χ3v) is 6.21. The molecule has 3 amide bonds. The number of hydrogen-bond acceptors (Lipinski definition) is 4. The molecule has 0 N–H and O–H groups in total. The van der Waals surface area contributed by atoms with Crippen LogP contribution in [0.2, 0.25) is 0 Å². The zero-order valence-electron chi connectivity index (χ0n) is 17.0. The number of hydrogen-bond donors (Lipinski definition) is 0. The van der Waals surface area contributed by atoms with Gasteiger partial charge in [-0.3, -0.25) is 19.3 Å². The lowest BCUT2D eigenvalue weighted by atomic mass is 10.1. The van der Waals surface area contributed by atoms with Gasteiger partial charge in [-0.05, 0) is 44.2 Å². The molecule has 0 saturated carbocycles. The van der Waals surface area contributed by atoms with Gasteiger partial charge >= 0.3 is 0 Å². The number of fused-ring (bicyclic) bond motifs is 1. The van der Waals surface area contributed by atoms with E-state index in [-0.39, 0.29) is 23.8 Å². The quantitative estimate of drug-likeness (QED) is 0.774. The Hall–Kier alpha value is -2.41. The first kappa shape index (κ1) is 19.9. The number of para-hydroxylation sites is 1. The lowest BCUT2D eigenvalue weighted by molar-refractivity contribution is -0.146. The lowest BCUT2D eigenvalue weighted by Crippen LogP contribution is -2.57. The van der Waals surface area contributed by atoms with E-state index in [4.69, 9.17) is 4.74 Å². The summed E-state index contributed by atoms with van der Waals surface area (Å²) in [5.74, 6) is -0.0125. The van der Waals surface area contributed by atoms with E-state index in [1.807, 2.05) is 31.2 Å². The van der Waals surface area contributed by atoms with Crippen molar-refractivity contribution in [2.45, 2.75) is 51.2 Å². The van der Waals surface area contributed by atoms with E-state index < -0.39 is 6.04 Å². The van der Waals surface area contributed by atoms with Crippen LogP contribution in [0.15, 0.2) is 24.3 Å². The van der Waals surface area contributed by atoms with Gasteiger partial charge in [0.2, 0.25) is 11.8 Å². The molecule has 0 unspecified atom stereocenters.